The first-order valence-electron chi connectivity index (χ1n) is 5.74. The Hall–Kier alpha value is -2.06. The predicted octanol–water partition coefficient (Wildman–Crippen LogP) is 1.10. The molecule has 0 atom stereocenters. The second-order valence-corrected chi connectivity index (χ2v) is 6.08. The molecule has 0 aliphatic rings. The maximum atomic E-state index is 12.1. The Balaban J connectivity index is 2.20. The van der Waals surface area contributed by atoms with Crippen LogP contribution in [-0.2, 0) is 23.6 Å². The summed E-state index contributed by atoms with van der Waals surface area (Å²) in [6.07, 6.45) is 3.59. The van der Waals surface area contributed by atoms with Gasteiger partial charge in [-0.2, -0.15) is 0 Å². The molecular weight excluding hydrogens is 284 g/mol. The highest BCUT2D eigenvalue weighted by Gasteiger charge is 2.23. The molecule has 7 nitrogen and oxygen atoms in total. The van der Waals surface area contributed by atoms with E-state index in [9.17, 15) is 13.2 Å². The molecule has 0 aliphatic carbocycles. The average molecular weight is 298 g/mol. The van der Waals surface area contributed by atoms with Gasteiger partial charge in [-0.05, 0) is 18.6 Å². The van der Waals surface area contributed by atoms with Crippen molar-refractivity contribution in [3.8, 4) is 0 Å². The second kappa shape index (κ2) is 5.14. The van der Waals surface area contributed by atoms with Gasteiger partial charge in [0, 0.05) is 32.1 Å². The lowest BCUT2D eigenvalue weighted by molar-refractivity contribution is 0.0661. The van der Waals surface area contributed by atoms with Gasteiger partial charge in [0.25, 0.3) is 0 Å². The van der Waals surface area contributed by atoms with Crippen molar-refractivity contribution in [3.05, 3.63) is 41.6 Å². The van der Waals surface area contributed by atoms with E-state index in [2.05, 4.69) is 4.72 Å². The highest BCUT2D eigenvalue weighted by atomic mass is 32.2. The van der Waals surface area contributed by atoms with E-state index >= 15 is 0 Å². The Bertz CT molecular complexity index is 742. The number of aromatic carboxylic acids is 1. The van der Waals surface area contributed by atoms with Crippen molar-refractivity contribution in [2.75, 3.05) is 0 Å². The third-order valence-corrected chi connectivity index (χ3v) is 4.24. The SMILES string of the molecule is Cc1oc(C(=O)O)cc1S(=O)(=O)NCc1ccn(C)c1. The van der Waals surface area contributed by atoms with Crippen molar-refractivity contribution < 1.29 is 22.7 Å². The van der Waals surface area contributed by atoms with E-state index in [1.165, 1.54) is 6.92 Å². The van der Waals surface area contributed by atoms with Gasteiger partial charge in [0.15, 0.2) is 0 Å². The fourth-order valence-corrected chi connectivity index (χ4v) is 2.95. The Morgan fingerprint density at radius 2 is 2.20 bits per heavy atom. The minimum atomic E-state index is -3.81. The van der Waals surface area contributed by atoms with Crippen LogP contribution in [0, 0.1) is 6.92 Å². The molecule has 0 aliphatic heterocycles. The van der Waals surface area contributed by atoms with E-state index in [0.29, 0.717) is 0 Å². The number of carbonyl (C=O) groups is 1. The summed E-state index contributed by atoms with van der Waals surface area (Å²) in [5.41, 5.74) is 0.802. The Kier molecular flexibility index (Phi) is 3.69. The van der Waals surface area contributed by atoms with Crippen LogP contribution in [0.5, 0.6) is 0 Å². The van der Waals surface area contributed by atoms with E-state index in [0.717, 1.165) is 11.6 Å². The number of carboxylic acids is 1. The monoisotopic (exact) mass is 298 g/mol. The van der Waals surface area contributed by atoms with E-state index < -0.39 is 21.8 Å². The average Bonchev–Trinajstić information content (AvgIpc) is 2.93. The van der Waals surface area contributed by atoms with Gasteiger partial charge in [-0.1, -0.05) is 0 Å². The maximum Gasteiger partial charge on any atom is 0.371 e. The lowest BCUT2D eigenvalue weighted by Gasteiger charge is -2.04. The molecule has 20 heavy (non-hydrogen) atoms. The molecule has 0 unspecified atom stereocenters. The molecule has 0 radical (unpaired) electrons. The number of nitrogens with zero attached hydrogens (tertiary/aromatic N) is 1. The van der Waals surface area contributed by atoms with Gasteiger partial charge in [-0.15, -0.1) is 0 Å². The molecule has 0 spiro atoms. The van der Waals surface area contributed by atoms with Crippen LogP contribution in [0.1, 0.15) is 21.9 Å². The second-order valence-electron chi connectivity index (χ2n) is 4.35. The number of carboxylic acid groups (broad SMARTS) is 1. The normalized spacial score (nSPS) is 11.7. The number of nitrogens with one attached hydrogen (secondary N) is 1. The number of sulfonamides is 1. The molecule has 2 N–H and O–H groups in total. The van der Waals surface area contributed by atoms with Crippen LogP contribution in [0.3, 0.4) is 0 Å². The van der Waals surface area contributed by atoms with Crippen molar-refractivity contribution in [2.24, 2.45) is 7.05 Å². The van der Waals surface area contributed by atoms with Crippen molar-refractivity contribution in [1.82, 2.24) is 9.29 Å². The minimum Gasteiger partial charge on any atom is -0.475 e. The first-order chi connectivity index (χ1) is 9.29. The van der Waals surface area contributed by atoms with Crippen LogP contribution in [0.2, 0.25) is 0 Å². The van der Waals surface area contributed by atoms with Crippen LogP contribution in [0.15, 0.2) is 33.8 Å². The third kappa shape index (κ3) is 2.91. The number of aromatic nitrogens is 1. The van der Waals surface area contributed by atoms with Gasteiger partial charge >= 0.3 is 5.97 Å². The molecule has 0 aromatic carbocycles. The Morgan fingerprint density at radius 3 is 2.70 bits per heavy atom. The van der Waals surface area contributed by atoms with Gasteiger partial charge in [-0.3, -0.25) is 0 Å². The van der Waals surface area contributed by atoms with E-state index in [1.54, 1.807) is 23.0 Å². The third-order valence-electron chi connectivity index (χ3n) is 2.73. The summed E-state index contributed by atoms with van der Waals surface area (Å²) in [5.74, 6) is -1.66. The molecule has 2 aromatic rings. The van der Waals surface area contributed by atoms with Crippen LogP contribution in [-0.4, -0.2) is 24.1 Å². The van der Waals surface area contributed by atoms with Gasteiger partial charge in [0.1, 0.15) is 10.7 Å². The lowest BCUT2D eigenvalue weighted by atomic mass is 10.4. The zero-order chi connectivity index (χ0) is 14.9. The lowest BCUT2D eigenvalue weighted by Crippen LogP contribution is -2.23. The maximum absolute atomic E-state index is 12.1. The zero-order valence-corrected chi connectivity index (χ0v) is 11.8. The van der Waals surface area contributed by atoms with Gasteiger partial charge in [-0.25, -0.2) is 17.9 Å². The van der Waals surface area contributed by atoms with Crippen molar-refractivity contribution in [3.63, 3.8) is 0 Å². The highest BCUT2D eigenvalue weighted by molar-refractivity contribution is 7.89. The minimum absolute atomic E-state index is 0.0444. The molecule has 0 fully saturated rings. The number of hydrogen-bond donors (Lipinski definition) is 2. The number of hydrogen-bond acceptors (Lipinski definition) is 4. The summed E-state index contributed by atoms with van der Waals surface area (Å²) in [4.78, 5) is 10.6. The summed E-state index contributed by atoms with van der Waals surface area (Å²) < 4.78 is 33.3. The number of furan rings is 1. The van der Waals surface area contributed by atoms with Crippen molar-refractivity contribution in [2.45, 2.75) is 18.4 Å². The number of aryl methyl sites for hydroxylation is 2. The summed E-state index contributed by atoms with van der Waals surface area (Å²) in [6.45, 7) is 1.53. The first-order valence-corrected chi connectivity index (χ1v) is 7.22. The fourth-order valence-electron chi connectivity index (χ4n) is 1.76. The van der Waals surface area contributed by atoms with Crippen LogP contribution >= 0.6 is 0 Å². The van der Waals surface area contributed by atoms with E-state index in [1.807, 2.05) is 7.05 Å². The molecule has 0 saturated heterocycles. The van der Waals surface area contributed by atoms with Crippen molar-refractivity contribution >= 4 is 16.0 Å². The van der Waals surface area contributed by atoms with Gasteiger partial charge in [0.05, 0.1) is 0 Å². The summed E-state index contributed by atoms with van der Waals surface area (Å²) >= 11 is 0. The quantitative estimate of drug-likeness (QED) is 0.860. The van der Waals surface area contributed by atoms with Crippen LogP contribution in [0.25, 0.3) is 0 Å². The first kappa shape index (κ1) is 14.4. The molecule has 0 bridgehead atoms. The topological polar surface area (TPSA) is 102 Å². The molecule has 0 amide bonds. The largest absolute Gasteiger partial charge is 0.475 e. The highest BCUT2D eigenvalue weighted by Crippen LogP contribution is 2.20. The molecule has 0 saturated carbocycles. The molecule has 2 aromatic heterocycles. The summed E-state index contributed by atoms with van der Waals surface area (Å²) in [7, 11) is -1.98. The van der Waals surface area contributed by atoms with Crippen molar-refractivity contribution in [1.29, 1.82) is 0 Å². The molecule has 8 heteroatoms. The van der Waals surface area contributed by atoms with E-state index in [-0.39, 0.29) is 17.2 Å². The molecule has 2 rings (SSSR count). The number of rotatable bonds is 5. The summed E-state index contributed by atoms with van der Waals surface area (Å²) in [6, 6.07) is 2.79. The smallest absolute Gasteiger partial charge is 0.371 e. The Morgan fingerprint density at radius 1 is 1.50 bits per heavy atom. The van der Waals surface area contributed by atoms with E-state index in [4.69, 9.17) is 9.52 Å². The molecule has 108 valence electrons. The van der Waals surface area contributed by atoms with Gasteiger partial charge in [0.2, 0.25) is 15.8 Å². The Labute approximate surface area is 115 Å². The standard InChI is InChI=1S/C12H14N2O5S/c1-8-11(5-10(19-8)12(15)16)20(17,18)13-6-9-3-4-14(2)7-9/h3-5,7,13H,6H2,1-2H3,(H,15,16). The molecule has 2 heterocycles. The zero-order valence-electron chi connectivity index (χ0n) is 11.0. The predicted molar refractivity (Wildman–Crippen MR) is 69.8 cm³/mol. The van der Waals surface area contributed by atoms with Gasteiger partial charge < -0.3 is 14.1 Å². The fraction of sp³-hybridized carbons (Fsp3) is 0.250. The summed E-state index contributed by atoms with van der Waals surface area (Å²) in [5, 5.41) is 8.79. The van der Waals surface area contributed by atoms with Crippen LogP contribution in [0.4, 0.5) is 0 Å². The van der Waals surface area contributed by atoms with Crippen LogP contribution < -0.4 is 4.72 Å². The molecular formula is C12H14N2O5S.